The molecule has 11 heavy (non-hydrogen) atoms. The van der Waals surface area contributed by atoms with Crippen LogP contribution in [0.1, 0.15) is 13.3 Å². The monoisotopic (exact) mass is 176 g/mol. The lowest BCUT2D eigenvalue weighted by Gasteiger charge is -2.31. The molecule has 0 radical (unpaired) electrons. The van der Waals surface area contributed by atoms with Gasteiger partial charge in [0.1, 0.15) is 5.50 Å². The summed E-state index contributed by atoms with van der Waals surface area (Å²) in [5.74, 6) is 0.145. The van der Waals surface area contributed by atoms with E-state index in [0.717, 1.165) is 13.1 Å². The first-order valence-corrected chi connectivity index (χ1v) is 4.33. The van der Waals surface area contributed by atoms with E-state index in [9.17, 15) is 4.79 Å². The molecule has 1 amide bonds. The smallest absolute Gasteiger partial charge is 0.223 e. The van der Waals surface area contributed by atoms with Crippen molar-refractivity contribution in [1.82, 2.24) is 10.2 Å². The van der Waals surface area contributed by atoms with E-state index in [1.54, 1.807) is 4.90 Å². The van der Waals surface area contributed by atoms with Crippen molar-refractivity contribution in [3.05, 3.63) is 0 Å². The maximum absolute atomic E-state index is 11.2. The molecule has 1 aliphatic heterocycles. The van der Waals surface area contributed by atoms with Crippen LogP contribution in [0.5, 0.6) is 0 Å². The van der Waals surface area contributed by atoms with Gasteiger partial charge >= 0.3 is 0 Å². The van der Waals surface area contributed by atoms with Crippen molar-refractivity contribution in [1.29, 1.82) is 0 Å². The summed E-state index contributed by atoms with van der Waals surface area (Å²) in [6.07, 6.45) is 0.545. The van der Waals surface area contributed by atoms with Crippen LogP contribution in [0.15, 0.2) is 0 Å². The minimum atomic E-state index is -0.156. The molecule has 3 nitrogen and oxygen atoms in total. The molecule has 0 saturated carbocycles. The molecule has 1 unspecified atom stereocenters. The fraction of sp³-hybridized carbons (Fsp3) is 0.857. The second-order valence-electron chi connectivity index (χ2n) is 2.58. The number of hydrogen-bond donors (Lipinski definition) is 1. The molecule has 1 aliphatic rings. The first-order chi connectivity index (χ1) is 5.25. The summed E-state index contributed by atoms with van der Waals surface area (Å²) >= 11 is 5.90. The second kappa shape index (κ2) is 3.93. The lowest BCUT2D eigenvalue weighted by atomic mass is 10.3. The highest BCUT2D eigenvalue weighted by atomic mass is 35.5. The summed E-state index contributed by atoms with van der Waals surface area (Å²) in [5.41, 5.74) is -0.156. The van der Waals surface area contributed by atoms with Gasteiger partial charge in [0.05, 0.1) is 0 Å². The Labute approximate surface area is 71.7 Å². The molecule has 0 spiro atoms. The topological polar surface area (TPSA) is 32.3 Å². The van der Waals surface area contributed by atoms with Crippen molar-refractivity contribution in [2.45, 2.75) is 18.8 Å². The summed E-state index contributed by atoms with van der Waals surface area (Å²) < 4.78 is 0. The molecule has 1 atom stereocenters. The summed E-state index contributed by atoms with van der Waals surface area (Å²) in [4.78, 5) is 12.9. The fourth-order valence-electron chi connectivity index (χ4n) is 1.15. The maximum Gasteiger partial charge on any atom is 0.223 e. The zero-order chi connectivity index (χ0) is 8.27. The first-order valence-electron chi connectivity index (χ1n) is 3.90. The van der Waals surface area contributed by atoms with Crippen LogP contribution < -0.4 is 5.32 Å². The lowest BCUT2D eigenvalue weighted by Crippen LogP contribution is -2.50. The SMILES string of the molecule is CCC(=O)N1CCNCC1Cl. The Morgan fingerprint density at radius 1 is 1.82 bits per heavy atom. The molecule has 1 saturated heterocycles. The highest BCUT2D eigenvalue weighted by Crippen LogP contribution is 2.08. The molecular formula is C7H13ClN2O. The Kier molecular flexibility index (Phi) is 3.15. The van der Waals surface area contributed by atoms with E-state index in [2.05, 4.69) is 5.32 Å². The first kappa shape index (κ1) is 8.81. The molecule has 0 bridgehead atoms. The van der Waals surface area contributed by atoms with Crippen molar-refractivity contribution >= 4 is 17.5 Å². The number of nitrogens with zero attached hydrogens (tertiary/aromatic N) is 1. The van der Waals surface area contributed by atoms with Gasteiger partial charge in [-0.05, 0) is 0 Å². The number of alkyl halides is 1. The molecule has 1 N–H and O–H groups in total. The van der Waals surface area contributed by atoms with Crippen LogP contribution in [0.25, 0.3) is 0 Å². The molecule has 0 aliphatic carbocycles. The second-order valence-corrected chi connectivity index (χ2v) is 3.08. The van der Waals surface area contributed by atoms with Gasteiger partial charge in [0.15, 0.2) is 0 Å². The Morgan fingerprint density at radius 2 is 2.55 bits per heavy atom. The number of carbonyl (C=O) groups excluding carboxylic acids is 1. The number of hydrogen-bond acceptors (Lipinski definition) is 2. The average Bonchev–Trinajstić information content (AvgIpc) is 2.04. The van der Waals surface area contributed by atoms with Gasteiger partial charge < -0.3 is 10.2 Å². The van der Waals surface area contributed by atoms with E-state index in [1.165, 1.54) is 0 Å². The number of rotatable bonds is 1. The van der Waals surface area contributed by atoms with Gasteiger partial charge in [-0.1, -0.05) is 18.5 Å². The van der Waals surface area contributed by atoms with Gasteiger partial charge in [0, 0.05) is 26.1 Å². The Bertz CT molecular complexity index is 151. The Morgan fingerprint density at radius 3 is 3.09 bits per heavy atom. The van der Waals surface area contributed by atoms with E-state index in [4.69, 9.17) is 11.6 Å². The fourth-order valence-corrected chi connectivity index (χ4v) is 1.47. The van der Waals surface area contributed by atoms with Crippen molar-refractivity contribution in [3.63, 3.8) is 0 Å². The van der Waals surface area contributed by atoms with Crippen LogP contribution in [0, 0.1) is 0 Å². The van der Waals surface area contributed by atoms with Gasteiger partial charge in [0.25, 0.3) is 0 Å². The number of nitrogens with one attached hydrogen (secondary N) is 1. The molecule has 64 valence electrons. The van der Waals surface area contributed by atoms with Crippen LogP contribution in [0.3, 0.4) is 0 Å². The van der Waals surface area contributed by atoms with Crippen LogP contribution in [0.4, 0.5) is 0 Å². The van der Waals surface area contributed by atoms with Crippen molar-refractivity contribution < 1.29 is 4.79 Å². The largest absolute Gasteiger partial charge is 0.324 e. The van der Waals surface area contributed by atoms with Crippen LogP contribution in [-0.2, 0) is 4.79 Å². The number of amides is 1. The van der Waals surface area contributed by atoms with Crippen LogP contribution in [0.2, 0.25) is 0 Å². The van der Waals surface area contributed by atoms with Gasteiger partial charge in [-0.15, -0.1) is 0 Å². The van der Waals surface area contributed by atoms with Crippen molar-refractivity contribution in [2.24, 2.45) is 0 Å². The molecule has 1 fully saturated rings. The van der Waals surface area contributed by atoms with Crippen molar-refractivity contribution in [2.75, 3.05) is 19.6 Å². The van der Waals surface area contributed by atoms with E-state index >= 15 is 0 Å². The van der Waals surface area contributed by atoms with Gasteiger partial charge in [-0.3, -0.25) is 4.79 Å². The quantitative estimate of drug-likeness (QED) is 0.463. The highest BCUT2D eigenvalue weighted by molar-refractivity contribution is 6.21. The molecule has 1 heterocycles. The minimum absolute atomic E-state index is 0.145. The number of piperazine rings is 1. The van der Waals surface area contributed by atoms with E-state index in [0.29, 0.717) is 13.0 Å². The molecule has 4 heteroatoms. The predicted molar refractivity (Wildman–Crippen MR) is 44.5 cm³/mol. The molecule has 1 rings (SSSR count). The van der Waals surface area contributed by atoms with Crippen LogP contribution >= 0.6 is 11.6 Å². The maximum atomic E-state index is 11.2. The summed E-state index contributed by atoms with van der Waals surface area (Å²) in [6.45, 7) is 4.15. The zero-order valence-electron chi connectivity index (χ0n) is 6.64. The summed E-state index contributed by atoms with van der Waals surface area (Å²) in [6, 6.07) is 0. The van der Waals surface area contributed by atoms with E-state index in [1.807, 2.05) is 6.92 Å². The summed E-state index contributed by atoms with van der Waals surface area (Å²) in [7, 11) is 0. The lowest BCUT2D eigenvalue weighted by molar-refractivity contribution is -0.132. The minimum Gasteiger partial charge on any atom is -0.324 e. The third-order valence-corrected chi connectivity index (χ3v) is 2.19. The normalized spacial score (nSPS) is 25.3. The molecule has 0 aromatic rings. The van der Waals surface area contributed by atoms with E-state index in [-0.39, 0.29) is 11.4 Å². The third-order valence-electron chi connectivity index (χ3n) is 1.80. The van der Waals surface area contributed by atoms with Gasteiger partial charge in [-0.25, -0.2) is 0 Å². The highest BCUT2D eigenvalue weighted by Gasteiger charge is 2.22. The molecular weight excluding hydrogens is 164 g/mol. The predicted octanol–water partition coefficient (Wildman–Crippen LogP) is 0.393. The Balaban J connectivity index is 2.47. The number of carbonyl (C=O) groups is 1. The number of halogens is 1. The van der Waals surface area contributed by atoms with E-state index < -0.39 is 0 Å². The van der Waals surface area contributed by atoms with Crippen LogP contribution in [-0.4, -0.2) is 35.9 Å². The zero-order valence-corrected chi connectivity index (χ0v) is 7.40. The third kappa shape index (κ3) is 2.07. The standard InChI is InChI=1S/C7H13ClN2O/c1-2-7(11)10-4-3-9-5-6(10)8/h6,9H,2-5H2,1H3. The summed E-state index contributed by atoms with van der Waals surface area (Å²) in [5, 5.41) is 3.12. The Hall–Kier alpha value is -0.280. The average molecular weight is 177 g/mol. The van der Waals surface area contributed by atoms with Gasteiger partial charge in [0.2, 0.25) is 5.91 Å². The van der Waals surface area contributed by atoms with Gasteiger partial charge in [-0.2, -0.15) is 0 Å². The molecule has 0 aromatic carbocycles. The molecule has 0 aromatic heterocycles. The van der Waals surface area contributed by atoms with Crippen molar-refractivity contribution in [3.8, 4) is 0 Å².